The van der Waals surface area contributed by atoms with Gasteiger partial charge in [0.1, 0.15) is 0 Å². The monoisotopic (exact) mass is 275 g/mol. The van der Waals surface area contributed by atoms with Crippen LogP contribution in [0, 0.1) is 10.1 Å². The number of non-ortho nitro benzene ring substituents is 1. The minimum absolute atomic E-state index is 0.0844. The van der Waals surface area contributed by atoms with Gasteiger partial charge in [0.05, 0.1) is 20.7 Å². The van der Waals surface area contributed by atoms with Gasteiger partial charge in [0.15, 0.2) is 0 Å². The largest absolute Gasteiger partial charge is 0.367 e. The fourth-order valence-corrected chi connectivity index (χ4v) is 2.56. The molecule has 1 aromatic rings. The van der Waals surface area contributed by atoms with Gasteiger partial charge in [-0.3, -0.25) is 10.1 Å². The molecule has 2 rings (SSSR count). The fraction of sp³-hybridized carbons (Fsp3) is 0.400. The molecule has 1 N–H and O–H groups in total. The lowest BCUT2D eigenvalue weighted by Gasteiger charge is -2.30. The Bertz CT molecular complexity index is 424. The Morgan fingerprint density at radius 2 is 1.76 bits per heavy atom. The van der Waals surface area contributed by atoms with E-state index in [0.29, 0.717) is 15.7 Å². The Labute approximate surface area is 108 Å². The maximum absolute atomic E-state index is 10.7. The Kier molecular flexibility index (Phi) is 3.71. The predicted molar refractivity (Wildman–Crippen MR) is 68.2 cm³/mol. The number of anilines is 1. The van der Waals surface area contributed by atoms with Crippen LogP contribution in [0.15, 0.2) is 12.1 Å². The summed E-state index contributed by atoms with van der Waals surface area (Å²) in [6.45, 7) is 3.28. The average Bonchev–Trinajstić information content (AvgIpc) is 2.29. The summed E-state index contributed by atoms with van der Waals surface area (Å²) in [4.78, 5) is 12.2. The summed E-state index contributed by atoms with van der Waals surface area (Å²) < 4.78 is 0. The Morgan fingerprint density at radius 1 is 1.24 bits per heavy atom. The van der Waals surface area contributed by atoms with Crippen molar-refractivity contribution >= 4 is 34.6 Å². The molecule has 0 bridgehead atoms. The first-order chi connectivity index (χ1) is 8.09. The van der Waals surface area contributed by atoms with Gasteiger partial charge < -0.3 is 10.2 Å². The van der Waals surface area contributed by atoms with E-state index in [1.54, 1.807) is 0 Å². The van der Waals surface area contributed by atoms with Crippen molar-refractivity contribution in [1.82, 2.24) is 5.32 Å². The summed E-state index contributed by atoms with van der Waals surface area (Å²) in [5.41, 5.74) is 0.597. The van der Waals surface area contributed by atoms with Crippen LogP contribution in [0.1, 0.15) is 0 Å². The summed E-state index contributed by atoms with van der Waals surface area (Å²) >= 11 is 12.1. The van der Waals surface area contributed by atoms with E-state index >= 15 is 0 Å². The molecule has 0 radical (unpaired) electrons. The molecule has 0 aromatic heterocycles. The van der Waals surface area contributed by atoms with Gasteiger partial charge in [-0.05, 0) is 0 Å². The second kappa shape index (κ2) is 5.08. The molecule has 0 aliphatic carbocycles. The van der Waals surface area contributed by atoms with E-state index in [4.69, 9.17) is 23.2 Å². The SMILES string of the molecule is O=[N+]([O-])c1cc(Cl)c(N2CCNCC2)c(Cl)c1. The van der Waals surface area contributed by atoms with Crippen molar-refractivity contribution in [3.05, 3.63) is 32.3 Å². The summed E-state index contributed by atoms with van der Waals surface area (Å²) in [5.74, 6) is 0. The molecular formula is C10H11Cl2N3O2. The second-order valence-corrected chi connectivity index (χ2v) is 4.57. The minimum Gasteiger partial charge on any atom is -0.367 e. The molecule has 1 aliphatic rings. The van der Waals surface area contributed by atoms with Crippen LogP contribution >= 0.6 is 23.2 Å². The molecular weight excluding hydrogens is 265 g/mol. The van der Waals surface area contributed by atoms with Crippen LogP contribution in [-0.4, -0.2) is 31.1 Å². The molecule has 1 saturated heterocycles. The summed E-state index contributed by atoms with van der Waals surface area (Å²) in [6, 6.07) is 2.68. The highest BCUT2D eigenvalue weighted by Crippen LogP contribution is 2.37. The maximum atomic E-state index is 10.7. The molecule has 1 aromatic carbocycles. The van der Waals surface area contributed by atoms with Crippen molar-refractivity contribution in [2.75, 3.05) is 31.1 Å². The molecule has 1 heterocycles. The zero-order valence-electron chi connectivity index (χ0n) is 8.95. The van der Waals surface area contributed by atoms with Crippen LogP contribution in [0.2, 0.25) is 10.0 Å². The molecule has 5 nitrogen and oxygen atoms in total. The summed E-state index contributed by atoms with van der Waals surface area (Å²) in [6.07, 6.45) is 0. The Balaban J connectivity index is 2.37. The van der Waals surface area contributed by atoms with Gasteiger partial charge in [0.25, 0.3) is 5.69 Å². The number of halogens is 2. The Hall–Kier alpha value is -1.04. The van der Waals surface area contributed by atoms with E-state index in [2.05, 4.69) is 5.32 Å². The molecule has 0 unspecified atom stereocenters. The number of benzene rings is 1. The number of piperazine rings is 1. The minimum atomic E-state index is -0.501. The van der Waals surface area contributed by atoms with Gasteiger partial charge >= 0.3 is 0 Å². The molecule has 7 heteroatoms. The van der Waals surface area contributed by atoms with Crippen LogP contribution in [0.3, 0.4) is 0 Å². The zero-order chi connectivity index (χ0) is 12.4. The maximum Gasteiger partial charge on any atom is 0.272 e. The van der Waals surface area contributed by atoms with E-state index in [9.17, 15) is 10.1 Å². The second-order valence-electron chi connectivity index (χ2n) is 3.75. The van der Waals surface area contributed by atoms with Crippen molar-refractivity contribution in [2.24, 2.45) is 0 Å². The third-order valence-corrected chi connectivity index (χ3v) is 3.22. The summed E-state index contributed by atoms with van der Waals surface area (Å²) in [7, 11) is 0. The third-order valence-electron chi connectivity index (χ3n) is 2.65. The number of hydrogen-bond donors (Lipinski definition) is 1. The number of nitrogens with one attached hydrogen (secondary N) is 1. The molecule has 1 fully saturated rings. The van der Waals surface area contributed by atoms with Crippen molar-refractivity contribution < 1.29 is 4.92 Å². The van der Waals surface area contributed by atoms with Gasteiger partial charge in [0.2, 0.25) is 0 Å². The van der Waals surface area contributed by atoms with Crippen LogP contribution in [-0.2, 0) is 0 Å². The van der Waals surface area contributed by atoms with Crippen LogP contribution in [0.25, 0.3) is 0 Å². The van der Waals surface area contributed by atoms with Crippen molar-refractivity contribution in [3.8, 4) is 0 Å². The highest BCUT2D eigenvalue weighted by Gasteiger charge is 2.20. The Morgan fingerprint density at radius 3 is 2.24 bits per heavy atom. The normalized spacial score (nSPS) is 16.0. The highest BCUT2D eigenvalue weighted by atomic mass is 35.5. The van der Waals surface area contributed by atoms with Gasteiger partial charge in [-0.2, -0.15) is 0 Å². The van der Waals surface area contributed by atoms with Crippen LogP contribution in [0.5, 0.6) is 0 Å². The molecule has 17 heavy (non-hydrogen) atoms. The van der Waals surface area contributed by atoms with Gasteiger partial charge in [-0.25, -0.2) is 0 Å². The lowest BCUT2D eigenvalue weighted by Crippen LogP contribution is -2.43. The quantitative estimate of drug-likeness (QED) is 0.665. The smallest absolute Gasteiger partial charge is 0.272 e. The average molecular weight is 276 g/mol. The number of rotatable bonds is 2. The van der Waals surface area contributed by atoms with Gasteiger partial charge in [-0.15, -0.1) is 0 Å². The fourth-order valence-electron chi connectivity index (χ4n) is 1.85. The van der Waals surface area contributed by atoms with Crippen LogP contribution in [0.4, 0.5) is 11.4 Å². The molecule has 0 spiro atoms. The lowest BCUT2D eigenvalue weighted by molar-refractivity contribution is -0.384. The molecule has 1 aliphatic heterocycles. The van der Waals surface area contributed by atoms with Crippen molar-refractivity contribution in [2.45, 2.75) is 0 Å². The third kappa shape index (κ3) is 2.62. The first-order valence-electron chi connectivity index (χ1n) is 5.18. The predicted octanol–water partition coefficient (Wildman–Crippen LogP) is 2.31. The standard InChI is InChI=1S/C10H11Cl2N3O2/c11-8-5-7(15(16)17)6-9(12)10(8)14-3-1-13-2-4-14/h5-6,13H,1-4H2. The van der Waals surface area contributed by atoms with Gasteiger partial charge in [0, 0.05) is 38.3 Å². The van der Waals surface area contributed by atoms with Crippen LogP contribution < -0.4 is 10.2 Å². The highest BCUT2D eigenvalue weighted by molar-refractivity contribution is 6.39. The van der Waals surface area contributed by atoms with Gasteiger partial charge in [-0.1, -0.05) is 23.2 Å². The van der Waals surface area contributed by atoms with E-state index in [1.165, 1.54) is 12.1 Å². The van der Waals surface area contributed by atoms with E-state index in [-0.39, 0.29) is 5.69 Å². The number of hydrogen-bond acceptors (Lipinski definition) is 4. The molecule has 0 saturated carbocycles. The van der Waals surface area contributed by atoms with Crippen molar-refractivity contribution in [1.29, 1.82) is 0 Å². The van der Waals surface area contributed by atoms with E-state index in [1.807, 2.05) is 4.90 Å². The number of nitro groups is 1. The van der Waals surface area contributed by atoms with Crippen molar-refractivity contribution in [3.63, 3.8) is 0 Å². The summed E-state index contributed by atoms with van der Waals surface area (Å²) in [5, 5.41) is 14.5. The zero-order valence-corrected chi connectivity index (χ0v) is 10.5. The first-order valence-corrected chi connectivity index (χ1v) is 5.94. The van der Waals surface area contributed by atoms with E-state index in [0.717, 1.165) is 26.2 Å². The topological polar surface area (TPSA) is 58.4 Å². The lowest BCUT2D eigenvalue weighted by atomic mass is 10.2. The number of nitrogens with zero attached hydrogens (tertiary/aromatic N) is 2. The molecule has 0 amide bonds. The molecule has 92 valence electrons. The number of nitro benzene ring substituents is 1. The first kappa shape index (κ1) is 12.4. The molecule has 0 atom stereocenters. The van der Waals surface area contributed by atoms with E-state index < -0.39 is 4.92 Å².